The Bertz CT molecular complexity index is 3380. The number of hydrogen-bond donors (Lipinski definition) is 0. The first kappa shape index (κ1) is 33.4. The fraction of sp³-hybridized carbons (Fsp3) is 0.103. The molecule has 12 rings (SSSR count). The molecule has 10 aromatic carbocycles. The first-order valence-corrected chi connectivity index (χ1v) is 20.7. The largest absolute Gasteiger partial charge is 0.0622 e. The Morgan fingerprint density at radius 1 is 0.259 bits per heavy atom. The Morgan fingerprint density at radius 3 is 1.47 bits per heavy atom. The molecule has 0 saturated carbocycles. The fourth-order valence-electron chi connectivity index (χ4n) is 11.0. The first-order valence-electron chi connectivity index (χ1n) is 20.7. The van der Waals surface area contributed by atoms with Crippen molar-refractivity contribution >= 4 is 43.1 Å². The molecule has 10 aromatic rings. The second-order valence-corrected chi connectivity index (χ2v) is 17.6. The van der Waals surface area contributed by atoms with Crippen molar-refractivity contribution in [1.82, 2.24) is 0 Å². The summed E-state index contributed by atoms with van der Waals surface area (Å²) in [6, 6.07) is 69.0. The van der Waals surface area contributed by atoms with Gasteiger partial charge in [0.1, 0.15) is 0 Å². The van der Waals surface area contributed by atoms with Crippen LogP contribution in [-0.4, -0.2) is 0 Å². The standard InChI is InChI=1S/C58H42/c1-57(2)52-25-15-13-21-41(52)48-31-37(27-29-53(48)57)55-43-22-10-11-23-44(43)56(38-26-28-42-40-20-12-14-24-51(40)58(3,4)54(42)32-38)50-34-47-45(35-16-6-5-7-17-35)30-36-18-8-9-19-39(36)46(47)33-49(50)55/h5-34H,1-4H3. The maximum absolute atomic E-state index is 2.53. The molecule has 2 aliphatic carbocycles. The third kappa shape index (κ3) is 4.52. The van der Waals surface area contributed by atoms with E-state index in [-0.39, 0.29) is 10.8 Å². The number of benzene rings is 10. The summed E-state index contributed by atoms with van der Waals surface area (Å²) in [6.45, 7) is 9.52. The molecule has 0 atom stereocenters. The molecule has 0 heteroatoms. The molecule has 274 valence electrons. The second kappa shape index (κ2) is 11.9. The Labute approximate surface area is 340 Å². The van der Waals surface area contributed by atoms with Gasteiger partial charge in [0.15, 0.2) is 0 Å². The van der Waals surface area contributed by atoms with Gasteiger partial charge < -0.3 is 0 Å². The van der Waals surface area contributed by atoms with Gasteiger partial charge in [-0.05, 0) is 151 Å². The smallest absolute Gasteiger partial charge is 0.0159 e. The van der Waals surface area contributed by atoms with Crippen LogP contribution in [0.2, 0.25) is 0 Å². The predicted octanol–water partition coefficient (Wildman–Crippen LogP) is 15.9. The van der Waals surface area contributed by atoms with Crippen LogP contribution in [-0.2, 0) is 10.8 Å². The second-order valence-electron chi connectivity index (χ2n) is 17.6. The van der Waals surface area contributed by atoms with Gasteiger partial charge >= 0.3 is 0 Å². The number of rotatable bonds is 3. The van der Waals surface area contributed by atoms with Crippen LogP contribution in [0.5, 0.6) is 0 Å². The van der Waals surface area contributed by atoms with Crippen LogP contribution in [0.4, 0.5) is 0 Å². The molecule has 0 aliphatic heterocycles. The topological polar surface area (TPSA) is 0 Å². The minimum Gasteiger partial charge on any atom is -0.0622 e. The van der Waals surface area contributed by atoms with E-state index in [4.69, 9.17) is 0 Å². The zero-order chi connectivity index (χ0) is 38.9. The van der Waals surface area contributed by atoms with Gasteiger partial charge in [0, 0.05) is 10.8 Å². The molecule has 0 fully saturated rings. The minimum absolute atomic E-state index is 0.0532. The van der Waals surface area contributed by atoms with Crippen LogP contribution in [0.3, 0.4) is 0 Å². The molecule has 0 unspecified atom stereocenters. The first-order chi connectivity index (χ1) is 28.3. The zero-order valence-electron chi connectivity index (χ0n) is 33.3. The number of fused-ring (bicyclic) bond motifs is 11. The van der Waals surface area contributed by atoms with Crippen molar-refractivity contribution in [1.29, 1.82) is 0 Å². The highest BCUT2D eigenvalue weighted by molar-refractivity contribution is 6.27. The third-order valence-corrected chi connectivity index (χ3v) is 13.8. The van der Waals surface area contributed by atoms with Crippen molar-refractivity contribution in [2.45, 2.75) is 38.5 Å². The van der Waals surface area contributed by atoms with Gasteiger partial charge in [-0.25, -0.2) is 0 Å². The molecule has 0 saturated heterocycles. The van der Waals surface area contributed by atoms with Crippen molar-refractivity contribution in [2.75, 3.05) is 0 Å². The summed E-state index contributed by atoms with van der Waals surface area (Å²) in [5.74, 6) is 0. The molecule has 0 spiro atoms. The van der Waals surface area contributed by atoms with Crippen molar-refractivity contribution in [3.05, 3.63) is 204 Å². The Morgan fingerprint density at radius 2 is 0.759 bits per heavy atom. The SMILES string of the molecule is CC1(C)c2ccccc2-c2cc(-c3c4ccccc4c(-c4ccc5c(c4)C(C)(C)c4ccccc4-5)c4cc5c(-c6ccccc6)cc6ccccc6c5cc34)ccc21. The lowest BCUT2D eigenvalue weighted by molar-refractivity contribution is 0.660. The molecular formula is C58H42. The van der Waals surface area contributed by atoms with E-state index in [9.17, 15) is 0 Å². The lowest BCUT2D eigenvalue weighted by atomic mass is 9.79. The Kier molecular flexibility index (Phi) is 6.84. The molecule has 2 aliphatic rings. The molecule has 0 bridgehead atoms. The molecule has 0 nitrogen and oxygen atoms in total. The van der Waals surface area contributed by atoms with Crippen molar-refractivity contribution < 1.29 is 0 Å². The van der Waals surface area contributed by atoms with Crippen LogP contribution < -0.4 is 0 Å². The van der Waals surface area contributed by atoms with Crippen LogP contribution in [0.15, 0.2) is 182 Å². The quantitative estimate of drug-likeness (QED) is 0.125. The van der Waals surface area contributed by atoms with E-state index < -0.39 is 0 Å². The summed E-state index contributed by atoms with van der Waals surface area (Å²) in [5.41, 5.74) is 18.4. The van der Waals surface area contributed by atoms with E-state index in [1.165, 1.54) is 121 Å². The van der Waals surface area contributed by atoms with Gasteiger partial charge in [-0.3, -0.25) is 0 Å². The molecule has 0 heterocycles. The van der Waals surface area contributed by atoms with E-state index in [0.717, 1.165) is 0 Å². The summed E-state index contributed by atoms with van der Waals surface area (Å²) >= 11 is 0. The fourth-order valence-corrected chi connectivity index (χ4v) is 11.0. The highest BCUT2D eigenvalue weighted by Gasteiger charge is 2.37. The molecule has 0 amide bonds. The summed E-state index contributed by atoms with van der Waals surface area (Å²) in [4.78, 5) is 0. The average Bonchev–Trinajstić information content (AvgIpc) is 3.63. The Hall–Kier alpha value is -6.76. The van der Waals surface area contributed by atoms with E-state index in [1.807, 2.05) is 0 Å². The number of hydrogen-bond acceptors (Lipinski definition) is 0. The maximum Gasteiger partial charge on any atom is 0.0159 e. The maximum atomic E-state index is 2.53. The molecule has 0 aromatic heterocycles. The molecule has 0 radical (unpaired) electrons. The van der Waals surface area contributed by atoms with Crippen molar-refractivity contribution in [3.8, 4) is 55.6 Å². The normalized spacial score (nSPS) is 14.5. The predicted molar refractivity (Wildman–Crippen MR) is 248 cm³/mol. The van der Waals surface area contributed by atoms with Crippen LogP contribution in [0, 0.1) is 0 Å². The van der Waals surface area contributed by atoms with Gasteiger partial charge in [0.2, 0.25) is 0 Å². The van der Waals surface area contributed by atoms with E-state index in [1.54, 1.807) is 0 Å². The van der Waals surface area contributed by atoms with Gasteiger partial charge in [-0.2, -0.15) is 0 Å². The monoisotopic (exact) mass is 738 g/mol. The van der Waals surface area contributed by atoms with Gasteiger partial charge in [-0.1, -0.05) is 179 Å². The molecule has 58 heavy (non-hydrogen) atoms. The molecular weight excluding hydrogens is 697 g/mol. The van der Waals surface area contributed by atoms with Gasteiger partial charge in [0.25, 0.3) is 0 Å². The zero-order valence-corrected chi connectivity index (χ0v) is 33.3. The highest BCUT2D eigenvalue weighted by atomic mass is 14.4. The summed E-state index contributed by atoms with van der Waals surface area (Å²) in [7, 11) is 0. The van der Waals surface area contributed by atoms with Crippen LogP contribution in [0.25, 0.3) is 98.7 Å². The summed E-state index contributed by atoms with van der Waals surface area (Å²) < 4.78 is 0. The van der Waals surface area contributed by atoms with E-state index in [0.29, 0.717) is 0 Å². The van der Waals surface area contributed by atoms with Gasteiger partial charge in [0.05, 0.1) is 0 Å². The van der Waals surface area contributed by atoms with E-state index in [2.05, 4.69) is 210 Å². The lowest BCUT2D eigenvalue weighted by Crippen LogP contribution is -2.14. The van der Waals surface area contributed by atoms with Crippen molar-refractivity contribution in [3.63, 3.8) is 0 Å². The average molecular weight is 739 g/mol. The van der Waals surface area contributed by atoms with Crippen LogP contribution >= 0.6 is 0 Å². The van der Waals surface area contributed by atoms with E-state index >= 15 is 0 Å². The third-order valence-electron chi connectivity index (χ3n) is 13.8. The summed E-state index contributed by atoms with van der Waals surface area (Å²) in [5, 5.41) is 10.2. The highest BCUT2D eigenvalue weighted by Crippen LogP contribution is 2.54. The van der Waals surface area contributed by atoms with Crippen LogP contribution in [0.1, 0.15) is 49.9 Å². The summed E-state index contributed by atoms with van der Waals surface area (Å²) in [6.07, 6.45) is 0. The molecule has 0 N–H and O–H groups in total. The van der Waals surface area contributed by atoms with Crippen molar-refractivity contribution in [2.24, 2.45) is 0 Å². The lowest BCUT2D eigenvalue weighted by Gasteiger charge is -2.24. The minimum atomic E-state index is -0.103. The Balaban J connectivity index is 1.24. The van der Waals surface area contributed by atoms with Gasteiger partial charge in [-0.15, -0.1) is 0 Å².